The molecule has 0 bridgehead atoms. The van der Waals surface area contributed by atoms with Crippen LogP contribution in [0.15, 0.2) is 60.7 Å². The minimum absolute atomic E-state index is 0.252. The van der Waals surface area contributed by atoms with Crippen LogP contribution in [0.1, 0.15) is 12.8 Å². The van der Waals surface area contributed by atoms with Crippen LogP contribution in [0.4, 0.5) is 0 Å². The Labute approximate surface area is 120 Å². The molecule has 0 spiro atoms. The van der Waals surface area contributed by atoms with Crippen molar-refractivity contribution in [2.24, 2.45) is 0 Å². The van der Waals surface area contributed by atoms with Crippen molar-refractivity contribution in [2.45, 2.75) is 12.8 Å². The van der Waals surface area contributed by atoms with E-state index in [9.17, 15) is 4.79 Å². The molecule has 0 atom stereocenters. The van der Waals surface area contributed by atoms with Crippen LogP contribution >= 0.6 is 7.26 Å². The van der Waals surface area contributed by atoms with Gasteiger partial charge >= 0.3 is 120 Å². The Morgan fingerprint density at radius 1 is 0.950 bits per heavy atom. The van der Waals surface area contributed by atoms with Gasteiger partial charge in [-0.3, -0.25) is 0 Å². The summed E-state index contributed by atoms with van der Waals surface area (Å²) in [5.74, 6) is -0.706. The molecule has 106 valence electrons. The Bertz CT molecular complexity index is 512. The summed E-state index contributed by atoms with van der Waals surface area (Å²) in [6.45, 7) is 2.33. The normalized spacial score (nSPS) is 12.1. The Hall–Kier alpha value is -1.66. The predicted octanol–water partition coefficient (Wildman–Crippen LogP) is 2.88. The molecule has 0 radical (unpaired) electrons. The third-order valence-corrected chi connectivity index (χ3v) is 8.46. The molecule has 0 fully saturated rings. The van der Waals surface area contributed by atoms with Crippen molar-refractivity contribution in [3.8, 4) is 0 Å². The summed E-state index contributed by atoms with van der Waals surface area (Å²) in [7, 11) is -1.83. The van der Waals surface area contributed by atoms with Crippen LogP contribution in [0.2, 0.25) is 0 Å². The molecule has 0 saturated carbocycles. The molecular weight excluding hydrogens is 267 g/mol. The molecule has 2 aromatic rings. The van der Waals surface area contributed by atoms with Crippen LogP contribution in [-0.2, 0) is 4.79 Å². The monoisotopic (exact) mass is 288 g/mol. The first-order valence-corrected chi connectivity index (χ1v) is 9.66. The number of rotatable bonds is 6. The molecule has 2 aromatic carbocycles. The van der Waals surface area contributed by atoms with E-state index < -0.39 is 13.2 Å². The van der Waals surface area contributed by atoms with Crippen LogP contribution in [-0.4, -0.2) is 23.9 Å². The Balaban J connectivity index is 2.31. The van der Waals surface area contributed by atoms with Gasteiger partial charge in [-0.25, -0.2) is 0 Å². The molecule has 0 heterocycles. The Morgan fingerprint density at radius 2 is 1.40 bits per heavy atom. The number of aliphatic carboxylic acids is 1. The zero-order valence-corrected chi connectivity index (χ0v) is 12.8. The van der Waals surface area contributed by atoms with Crippen LogP contribution in [0, 0.1) is 0 Å². The number of hydrogen-bond acceptors (Lipinski definition) is 1. The van der Waals surface area contributed by atoms with Gasteiger partial charge in [-0.2, -0.15) is 0 Å². The molecule has 2 nitrogen and oxygen atoms in total. The van der Waals surface area contributed by atoms with Gasteiger partial charge in [-0.05, 0) is 0 Å². The van der Waals surface area contributed by atoms with Crippen molar-refractivity contribution < 1.29 is 9.90 Å². The average molecular weight is 288 g/mol. The van der Waals surface area contributed by atoms with Gasteiger partial charge < -0.3 is 0 Å². The molecule has 0 unspecified atom stereocenters. The number of carbonyl (C=O) groups is 1. The van der Waals surface area contributed by atoms with Crippen LogP contribution in [0.5, 0.6) is 0 Å². The quantitative estimate of drug-likeness (QED) is 0.830. The molecule has 0 aliphatic carbocycles. The van der Waals surface area contributed by atoms with Crippen molar-refractivity contribution in [3.05, 3.63) is 60.7 Å². The molecule has 0 aliphatic heterocycles. The average Bonchev–Trinajstić information content (AvgIpc) is 2.48. The fraction of sp³-hybridized carbons (Fsp3) is 0.235. The molecule has 3 heteroatoms. The second kappa shape index (κ2) is 6.67. The van der Waals surface area contributed by atoms with Crippen molar-refractivity contribution in [2.75, 3.05) is 12.8 Å². The summed E-state index contributed by atoms with van der Waals surface area (Å²) in [4.78, 5) is 10.8. The second-order valence-corrected chi connectivity index (χ2v) is 9.63. The van der Waals surface area contributed by atoms with Crippen molar-refractivity contribution >= 4 is 23.8 Å². The summed E-state index contributed by atoms with van der Waals surface area (Å²) >= 11 is 0. The van der Waals surface area contributed by atoms with E-state index in [2.05, 4.69) is 55.2 Å². The van der Waals surface area contributed by atoms with E-state index in [4.69, 9.17) is 5.11 Å². The van der Waals surface area contributed by atoms with Gasteiger partial charge in [0.15, 0.2) is 0 Å². The van der Waals surface area contributed by atoms with E-state index in [-0.39, 0.29) is 6.42 Å². The molecule has 1 N–H and O–H groups in total. The van der Waals surface area contributed by atoms with E-state index in [0.717, 1.165) is 12.6 Å². The van der Waals surface area contributed by atoms with Crippen molar-refractivity contribution in [1.82, 2.24) is 0 Å². The van der Waals surface area contributed by atoms with Crippen LogP contribution in [0.3, 0.4) is 0 Å². The van der Waals surface area contributed by atoms with E-state index in [1.54, 1.807) is 0 Å². The number of benzene rings is 2. The van der Waals surface area contributed by atoms with E-state index in [1.807, 2.05) is 12.1 Å². The summed E-state index contributed by atoms with van der Waals surface area (Å²) in [6.07, 6.45) is 1.96. The summed E-state index contributed by atoms with van der Waals surface area (Å²) < 4.78 is 0. The first kappa shape index (κ1) is 14.7. The molecule has 0 saturated heterocycles. The van der Waals surface area contributed by atoms with Gasteiger partial charge in [0.05, 0.1) is 0 Å². The molecule has 0 amide bonds. The molecule has 2 rings (SSSR count). The fourth-order valence-corrected chi connectivity index (χ4v) is 6.31. The molecular formula is C17H21O2P. The number of hydrogen-bond donors (Lipinski definition) is 1. The van der Waals surface area contributed by atoms with E-state index in [1.165, 1.54) is 10.6 Å². The SMILES string of the molecule is C[PH](CCCC(=O)O)(c1ccccc1)c1ccccc1. The van der Waals surface area contributed by atoms with Crippen molar-refractivity contribution in [3.63, 3.8) is 0 Å². The van der Waals surface area contributed by atoms with E-state index >= 15 is 0 Å². The second-order valence-electron chi connectivity index (χ2n) is 5.31. The van der Waals surface area contributed by atoms with Gasteiger partial charge in [-0.1, -0.05) is 0 Å². The van der Waals surface area contributed by atoms with Crippen LogP contribution < -0.4 is 10.6 Å². The molecule has 20 heavy (non-hydrogen) atoms. The number of carboxylic acid groups (broad SMARTS) is 1. The Morgan fingerprint density at radius 3 is 1.80 bits per heavy atom. The van der Waals surface area contributed by atoms with Gasteiger partial charge in [0.25, 0.3) is 0 Å². The van der Waals surface area contributed by atoms with Gasteiger partial charge in [0, 0.05) is 0 Å². The minimum atomic E-state index is -1.83. The zero-order valence-electron chi connectivity index (χ0n) is 11.8. The zero-order chi connectivity index (χ0) is 14.4. The predicted molar refractivity (Wildman–Crippen MR) is 88.1 cm³/mol. The molecule has 0 aromatic heterocycles. The Kier molecular flexibility index (Phi) is 4.92. The van der Waals surface area contributed by atoms with Gasteiger partial charge in [0.2, 0.25) is 0 Å². The summed E-state index contributed by atoms with van der Waals surface area (Å²) in [5, 5.41) is 11.6. The number of carboxylic acids is 1. The summed E-state index contributed by atoms with van der Waals surface area (Å²) in [6, 6.07) is 21.1. The third-order valence-electron chi connectivity index (χ3n) is 3.89. The third kappa shape index (κ3) is 3.46. The standard InChI is InChI=1S/C17H21O2P/c1-20(14-8-13-17(18)19,15-9-4-2-5-10-15)16-11-6-3-7-12-16/h2-7,9-12,20H,8,13-14H2,1H3,(H,18,19). The van der Waals surface area contributed by atoms with Crippen molar-refractivity contribution in [1.29, 1.82) is 0 Å². The van der Waals surface area contributed by atoms with Gasteiger partial charge in [0.1, 0.15) is 0 Å². The summed E-state index contributed by atoms with van der Waals surface area (Å²) in [5.41, 5.74) is 0. The first-order chi connectivity index (χ1) is 9.63. The molecule has 0 aliphatic rings. The van der Waals surface area contributed by atoms with Crippen LogP contribution in [0.25, 0.3) is 0 Å². The maximum atomic E-state index is 10.8. The maximum absolute atomic E-state index is 10.8. The topological polar surface area (TPSA) is 37.3 Å². The first-order valence-electron chi connectivity index (χ1n) is 6.96. The fourth-order valence-electron chi connectivity index (χ4n) is 2.66. The van der Waals surface area contributed by atoms with Gasteiger partial charge in [-0.15, -0.1) is 0 Å². The van der Waals surface area contributed by atoms with E-state index in [0.29, 0.717) is 0 Å².